The van der Waals surface area contributed by atoms with Crippen LogP contribution in [0.25, 0.3) is 0 Å². The molecule has 1 atom stereocenters. The molecule has 0 bridgehead atoms. The lowest BCUT2D eigenvalue weighted by atomic mass is 9.84. The van der Waals surface area contributed by atoms with E-state index in [0.29, 0.717) is 13.0 Å². The van der Waals surface area contributed by atoms with Crippen molar-refractivity contribution in [1.29, 1.82) is 0 Å². The monoisotopic (exact) mass is 529 g/mol. The first kappa shape index (κ1) is 29.0. The zero-order valence-electron chi connectivity index (χ0n) is 23.6. The van der Waals surface area contributed by atoms with Crippen LogP contribution in [0, 0.1) is 0 Å². The summed E-state index contributed by atoms with van der Waals surface area (Å²) < 4.78 is 11.9. The average molecular weight is 530 g/mol. The summed E-state index contributed by atoms with van der Waals surface area (Å²) in [6.45, 7) is 8.91. The fourth-order valence-electron chi connectivity index (χ4n) is 5.29. The molecule has 0 aromatic heterocycles. The van der Waals surface area contributed by atoms with Gasteiger partial charge in [-0.05, 0) is 75.3 Å². The summed E-state index contributed by atoms with van der Waals surface area (Å²) in [5, 5.41) is 10.8. The van der Waals surface area contributed by atoms with E-state index in [9.17, 15) is 9.90 Å². The third-order valence-electron chi connectivity index (χ3n) is 7.82. The van der Waals surface area contributed by atoms with Gasteiger partial charge in [-0.15, -0.1) is 0 Å². The van der Waals surface area contributed by atoms with Gasteiger partial charge in [0.1, 0.15) is 6.10 Å². The van der Waals surface area contributed by atoms with E-state index < -0.39 is 11.5 Å². The molecular formula is C34H43NO4. The van der Waals surface area contributed by atoms with E-state index >= 15 is 0 Å². The number of esters is 1. The minimum atomic E-state index is -0.711. The summed E-state index contributed by atoms with van der Waals surface area (Å²) in [6.07, 6.45) is 3.33. The second kappa shape index (κ2) is 13.9. The third-order valence-corrected chi connectivity index (χ3v) is 7.82. The number of carbonyl (C=O) groups is 1. The van der Waals surface area contributed by atoms with Gasteiger partial charge in [-0.25, -0.2) is 0 Å². The van der Waals surface area contributed by atoms with E-state index in [1.165, 1.54) is 11.1 Å². The van der Waals surface area contributed by atoms with Crippen molar-refractivity contribution in [2.24, 2.45) is 0 Å². The Hall–Kier alpha value is -2.99. The van der Waals surface area contributed by atoms with Crippen molar-refractivity contribution in [2.45, 2.75) is 70.2 Å². The predicted molar refractivity (Wildman–Crippen MR) is 156 cm³/mol. The normalized spacial score (nSPS) is 15.8. The zero-order chi connectivity index (χ0) is 27.7. The van der Waals surface area contributed by atoms with Gasteiger partial charge in [0, 0.05) is 13.1 Å². The molecule has 5 nitrogen and oxygen atoms in total. The van der Waals surface area contributed by atoms with Gasteiger partial charge in [0.15, 0.2) is 0 Å². The van der Waals surface area contributed by atoms with Crippen LogP contribution >= 0.6 is 0 Å². The van der Waals surface area contributed by atoms with Crippen LogP contribution in [-0.4, -0.2) is 48.3 Å². The van der Waals surface area contributed by atoms with Crippen LogP contribution in [0.5, 0.6) is 0 Å². The van der Waals surface area contributed by atoms with Gasteiger partial charge < -0.3 is 19.5 Å². The number of likely N-dealkylation sites (tertiary alicyclic amines) is 1. The molecule has 1 aliphatic heterocycles. The van der Waals surface area contributed by atoms with Crippen LogP contribution in [0.2, 0.25) is 0 Å². The fraction of sp³-hybridized carbons (Fsp3) is 0.441. The summed E-state index contributed by atoms with van der Waals surface area (Å²) in [5.41, 5.74) is 3.45. The molecule has 0 amide bonds. The van der Waals surface area contributed by atoms with Crippen molar-refractivity contribution >= 4 is 5.97 Å². The maximum atomic E-state index is 12.3. The number of ether oxygens (including phenoxy) is 2. The Kier molecular flexibility index (Phi) is 10.3. The van der Waals surface area contributed by atoms with Gasteiger partial charge in [0.25, 0.3) is 0 Å². The largest absolute Gasteiger partial charge is 0.465 e. The van der Waals surface area contributed by atoms with Crippen LogP contribution < -0.4 is 0 Å². The summed E-state index contributed by atoms with van der Waals surface area (Å²) >= 11 is 0. The molecule has 0 aliphatic carbocycles. The standard InChI is InChI=1S/C34H43NO4/c1-4-38-33(37)34(2,3)29-19-17-26(18-20-29)31(36)16-11-23-35-24-21-30(22-25-35)39-32(27-12-7-5-8-13-27)28-14-9-6-10-15-28/h5-10,12-15,17-20,30-32,36H,4,11,16,21-25H2,1-3H3. The topological polar surface area (TPSA) is 59.0 Å². The molecule has 208 valence electrons. The molecule has 0 radical (unpaired) electrons. The Morgan fingerprint density at radius 2 is 1.46 bits per heavy atom. The number of piperidine rings is 1. The highest BCUT2D eigenvalue weighted by Crippen LogP contribution is 2.31. The average Bonchev–Trinajstić information content (AvgIpc) is 2.97. The van der Waals surface area contributed by atoms with Crippen molar-refractivity contribution < 1.29 is 19.4 Å². The Bertz CT molecular complexity index is 1100. The van der Waals surface area contributed by atoms with Crippen LogP contribution in [0.1, 0.15) is 80.9 Å². The molecule has 0 spiro atoms. The smallest absolute Gasteiger partial charge is 0.315 e. The lowest BCUT2D eigenvalue weighted by Gasteiger charge is -2.34. The van der Waals surface area contributed by atoms with Crippen LogP contribution in [0.15, 0.2) is 84.9 Å². The number of hydrogen-bond acceptors (Lipinski definition) is 5. The molecule has 1 N–H and O–H groups in total. The number of benzene rings is 3. The van der Waals surface area contributed by atoms with Crippen LogP contribution in [-0.2, 0) is 19.7 Å². The third kappa shape index (κ3) is 7.78. The van der Waals surface area contributed by atoms with Crippen molar-refractivity contribution in [3.05, 3.63) is 107 Å². The van der Waals surface area contributed by atoms with E-state index in [1.54, 1.807) is 0 Å². The summed E-state index contributed by atoms with van der Waals surface area (Å²) in [7, 11) is 0. The second-order valence-electron chi connectivity index (χ2n) is 11.0. The summed E-state index contributed by atoms with van der Waals surface area (Å²) in [5.74, 6) is -0.233. The summed E-state index contributed by atoms with van der Waals surface area (Å²) in [4.78, 5) is 14.8. The first-order valence-electron chi connectivity index (χ1n) is 14.3. The molecule has 3 aromatic carbocycles. The number of aliphatic hydroxyl groups is 1. The van der Waals surface area contributed by atoms with E-state index in [2.05, 4.69) is 53.4 Å². The van der Waals surface area contributed by atoms with Crippen LogP contribution in [0.4, 0.5) is 0 Å². The number of nitrogens with zero attached hydrogens (tertiary/aromatic N) is 1. The van der Waals surface area contributed by atoms with E-state index in [4.69, 9.17) is 9.47 Å². The number of carbonyl (C=O) groups excluding carboxylic acids is 1. The van der Waals surface area contributed by atoms with Gasteiger partial charge in [0.05, 0.1) is 24.2 Å². The predicted octanol–water partition coefficient (Wildman–Crippen LogP) is 6.61. The molecule has 0 saturated carbocycles. The van der Waals surface area contributed by atoms with Gasteiger partial charge in [0.2, 0.25) is 0 Å². The highest BCUT2D eigenvalue weighted by atomic mass is 16.5. The number of rotatable bonds is 12. The zero-order valence-corrected chi connectivity index (χ0v) is 23.6. The van der Waals surface area contributed by atoms with E-state index in [-0.39, 0.29) is 18.2 Å². The number of aliphatic hydroxyl groups excluding tert-OH is 1. The fourth-order valence-corrected chi connectivity index (χ4v) is 5.29. The molecule has 5 heteroatoms. The highest BCUT2D eigenvalue weighted by Gasteiger charge is 2.31. The van der Waals surface area contributed by atoms with E-state index in [0.717, 1.165) is 50.0 Å². The minimum absolute atomic E-state index is 0.0478. The molecule has 1 aliphatic rings. The van der Waals surface area contributed by atoms with Crippen molar-refractivity contribution in [3.8, 4) is 0 Å². The molecule has 1 unspecified atom stereocenters. The van der Waals surface area contributed by atoms with Crippen molar-refractivity contribution in [3.63, 3.8) is 0 Å². The molecule has 1 saturated heterocycles. The van der Waals surface area contributed by atoms with Gasteiger partial charge in [-0.2, -0.15) is 0 Å². The van der Waals surface area contributed by atoms with Crippen molar-refractivity contribution in [2.75, 3.05) is 26.2 Å². The number of hydrogen-bond donors (Lipinski definition) is 1. The molecular weight excluding hydrogens is 486 g/mol. The Morgan fingerprint density at radius 3 is 2.00 bits per heavy atom. The lowest BCUT2D eigenvalue weighted by molar-refractivity contribution is -0.148. The SMILES string of the molecule is CCOC(=O)C(C)(C)c1ccc(C(O)CCCN2CCC(OC(c3ccccc3)c3ccccc3)CC2)cc1. The Labute approximate surface area is 233 Å². The van der Waals surface area contributed by atoms with E-state index in [1.807, 2.05) is 57.2 Å². The lowest BCUT2D eigenvalue weighted by Crippen LogP contribution is -2.38. The first-order chi connectivity index (χ1) is 18.9. The van der Waals surface area contributed by atoms with Gasteiger partial charge in [-0.3, -0.25) is 4.79 Å². The molecule has 1 heterocycles. The maximum Gasteiger partial charge on any atom is 0.315 e. The Morgan fingerprint density at radius 1 is 0.897 bits per heavy atom. The molecule has 3 aromatic rings. The second-order valence-corrected chi connectivity index (χ2v) is 11.0. The summed E-state index contributed by atoms with van der Waals surface area (Å²) in [6, 6.07) is 28.7. The molecule has 1 fully saturated rings. The van der Waals surface area contributed by atoms with Gasteiger partial charge >= 0.3 is 5.97 Å². The minimum Gasteiger partial charge on any atom is -0.465 e. The Balaban J connectivity index is 1.23. The molecule has 4 rings (SSSR count). The van der Waals surface area contributed by atoms with Crippen LogP contribution in [0.3, 0.4) is 0 Å². The van der Waals surface area contributed by atoms with Gasteiger partial charge in [-0.1, -0.05) is 84.9 Å². The quantitative estimate of drug-likeness (QED) is 0.268. The van der Waals surface area contributed by atoms with Crippen molar-refractivity contribution in [1.82, 2.24) is 4.90 Å². The highest BCUT2D eigenvalue weighted by molar-refractivity contribution is 5.82. The molecule has 39 heavy (non-hydrogen) atoms. The maximum absolute atomic E-state index is 12.3. The first-order valence-corrected chi connectivity index (χ1v) is 14.3.